The maximum atomic E-state index is 12.8. The maximum absolute atomic E-state index is 12.8. The smallest absolute Gasteiger partial charge is 0.326 e. The molecule has 0 aliphatic rings. The Bertz CT molecular complexity index is 1090. The lowest BCUT2D eigenvalue weighted by Gasteiger charge is -2.17. The van der Waals surface area contributed by atoms with Gasteiger partial charge in [-0.2, -0.15) is 0 Å². The van der Waals surface area contributed by atoms with Gasteiger partial charge in [0.05, 0.1) is 17.3 Å². The van der Waals surface area contributed by atoms with Crippen LogP contribution in [0.2, 0.25) is 0 Å². The minimum atomic E-state index is -0.609. The quantitative estimate of drug-likeness (QED) is 0.485. The highest BCUT2D eigenvalue weighted by molar-refractivity contribution is 6.04. The number of amides is 2. The van der Waals surface area contributed by atoms with Crippen molar-refractivity contribution in [2.45, 2.75) is 13.0 Å². The Kier molecular flexibility index (Phi) is 8.07. The van der Waals surface area contributed by atoms with Crippen LogP contribution in [-0.2, 0) is 14.3 Å². The second kappa shape index (κ2) is 11.4. The van der Waals surface area contributed by atoms with Crippen LogP contribution in [0.5, 0.6) is 0 Å². The molecule has 1 atom stereocenters. The molecule has 0 saturated carbocycles. The molecule has 1 aromatic heterocycles. The van der Waals surface area contributed by atoms with E-state index in [2.05, 4.69) is 20.6 Å². The minimum absolute atomic E-state index is 0.117. The van der Waals surface area contributed by atoms with Gasteiger partial charge in [0.2, 0.25) is 5.95 Å². The van der Waals surface area contributed by atoms with Gasteiger partial charge < -0.3 is 20.3 Å². The Morgan fingerprint density at radius 1 is 0.970 bits per heavy atom. The fraction of sp³-hybridized carbons (Fsp3) is 0.208. The summed E-state index contributed by atoms with van der Waals surface area (Å²) in [5.74, 6) is -1.13. The van der Waals surface area contributed by atoms with Gasteiger partial charge in [-0.15, -0.1) is 0 Å². The van der Waals surface area contributed by atoms with Crippen molar-refractivity contribution in [2.24, 2.45) is 0 Å². The number of nitrogens with zero attached hydrogens (tertiary/aromatic N) is 3. The van der Waals surface area contributed by atoms with E-state index in [0.717, 1.165) is 5.56 Å². The Morgan fingerprint density at radius 2 is 1.64 bits per heavy atom. The molecule has 0 aliphatic carbocycles. The third-order valence-corrected chi connectivity index (χ3v) is 4.72. The van der Waals surface area contributed by atoms with Crippen molar-refractivity contribution in [3.05, 3.63) is 84.2 Å². The van der Waals surface area contributed by atoms with Crippen LogP contribution in [0.1, 0.15) is 28.9 Å². The lowest BCUT2D eigenvalue weighted by Crippen LogP contribution is -2.31. The first-order valence-electron chi connectivity index (χ1n) is 10.3. The van der Waals surface area contributed by atoms with Gasteiger partial charge in [-0.25, -0.2) is 9.97 Å². The summed E-state index contributed by atoms with van der Waals surface area (Å²) >= 11 is 0. The van der Waals surface area contributed by atoms with Crippen molar-refractivity contribution >= 4 is 29.4 Å². The van der Waals surface area contributed by atoms with Crippen LogP contribution in [0.15, 0.2) is 73.1 Å². The largest absolute Gasteiger partial charge is 0.454 e. The molecule has 3 aromatic rings. The minimum Gasteiger partial charge on any atom is -0.454 e. The molecule has 0 fully saturated rings. The molecule has 0 spiro atoms. The Labute approximate surface area is 191 Å². The zero-order valence-electron chi connectivity index (χ0n) is 18.4. The molecule has 1 heterocycles. The van der Waals surface area contributed by atoms with Crippen molar-refractivity contribution in [1.29, 1.82) is 0 Å². The number of aromatic nitrogens is 2. The van der Waals surface area contributed by atoms with Crippen LogP contribution in [0.3, 0.4) is 0 Å². The molecule has 0 aliphatic heterocycles. The van der Waals surface area contributed by atoms with Crippen molar-refractivity contribution in [3.63, 3.8) is 0 Å². The predicted octanol–water partition coefficient (Wildman–Crippen LogP) is 2.59. The van der Waals surface area contributed by atoms with E-state index >= 15 is 0 Å². The summed E-state index contributed by atoms with van der Waals surface area (Å²) in [5.41, 5.74) is 1.59. The average molecular weight is 447 g/mol. The van der Waals surface area contributed by atoms with Crippen LogP contribution in [0.4, 0.5) is 11.6 Å². The van der Waals surface area contributed by atoms with Crippen molar-refractivity contribution in [3.8, 4) is 0 Å². The number of nitrogens with one attached hydrogen (secondary N) is 2. The van der Waals surface area contributed by atoms with Gasteiger partial charge in [0, 0.05) is 19.4 Å². The first-order valence-corrected chi connectivity index (χ1v) is 10.3. The molecule has 9 heteroatoms. The normalized spacial score (nSPS) is 11.2. The second-order valence-corrected chi connectivity index (χ2v) is 7.27. The summed E-state index contributed by atoms with van der Waals surface area (Å²) in [6.45, 7) is 1.28. The van der Waals surface area contributed by atoms with Crippen molar-refractivity contribution in [2.75, 3.05) is 30.4 Å². The zero-order valence-corrected chi connectivity index (χ0v) is 18.4. The third kappa shape index (κ3) is 6.86. The average Bonchev–Trinajstić information content (AvgIpc) is 2.84. The maximum Gasteiger partial charge on any atom is 0.326 e. The SMILES string of the molecule is CC(NC(=O)c1ccccc1NC(=O)COC(=O)CN(C)c1ncccn1)c1ccccc1. The standard InChI is InChI=1S/C24H25N5O4/c1-17(18-9-4-3-5-10-18)27-23(32)19-11-6-7-12-20(19)28-21(30)16-33-22(31)15-29(2)24-25-13-8-14-26-24/h3-14,17H,15-16H2,1-2H3,(H,27,32)(H,28,30). The molecule has 2 aromatic carbocycles. The van der Waals surface area contributed by atoms with Crippen LogP contribution >= 0.6 is 0 Å². The molecule has 0 saturated heterocycles. The molecule has 0 bridgehead atoms. The summed E-state index contributed by atoms with van der Waals surface area (Å²) in [7, 11) is 1.64. The number of anilines is 2. The molecule has 170 valence electrons. The lowest BCUT2D eigenvalue weighted by molar-refractivity contribution is -0.145. The Balaban J connectivity index is 1.53. The van der Waals surface area contributed by atoms with E-state index in [0.29, 0.717) is 17.2 Å². The van der Waals surface area contributed by atoms with Crippen LogP contribution in [0.25, 0.3) is 0 Å². The highest BCUT2D eigenvalue weighted by atomic mass is 16.5. The van der Waals surface area contributed by atoms with E-state index in [1.165, 1.54) is 4.90 Å². The molecule has 1 unspecified atom stereocenters. The number of hydrogen-bond donors (Lipinski definition) is 2. The van der Waals surface area contributed by atoms with Crippen molar-refractivity contribution < 1.29 is 19.1 Å². The van der Waals surface area contributed by atoms with Gasteiger partial charge in [0.25, 0.3) is 11.8 Å². The van der Waals surface area contributed by atoms with E-state index in [4.69, 9.17) is 4.74 Å². The van der Waals surface area contributed by atoms with Gasteiger partial charge in [0.15, 0.2) is 6.61 Å². The monoisotopic (exact) mass is 447 g/mol. The molecule has 0 radical (unpaired) electrons. The number of para-hydroxylation sites is 1. The summed E-state index contributed by atoms with van der Waals surface area (Å²) in [5, 5.41) is 5.55. The molecule has 9 nitrogen and oxygen atoms in total. The van der Waals surface area contributed by atoms with Gasteiger partial charge in [0.1, 0.15) is 6.54 Å². The summed E-state index contributed by atoms with van der Waals surface area (Å²) in [6.07, 6.45) is 3.12. The number of hydrogen-bond acceptors (Lipinski definition) is 7. The van der Waals surface area contributed by atoms with Gasteiger partial charge >= 0.3 is 5.97 Å². The zero-order chi connectivity index (χ0) is 23.6. The number of esters is 1. The van der Waals surface area contributed by atoms with Crippen LogP contribution in [-0.4, -0.2) is 48.0 Å². The molecular formula is C24H25N5O4. The molecule has 3 rings (SSSR count). The summed E-state index contributed by atoms with van der Waals surface area (Å²) < 4.78 is 5.04. The molecule has 2 amide bonds. The van der Waals surface area contributed by atoms with Gasteiger partial charge in [-0.05, 0) is 30.7 Å². The van der Waals surface area contributed by atoms with E-state index in [1.807, 2.05) is 37.3 Å². The highest BCUT2D eigenvalue weighted by Gasteiger charge is 2.17. The number of likely N-dealkylation sites (N-methyl/N-ethyl adjacent to an activating group) is 1. The summed E-state index contributed by atoms with van der Waals surface area (Å²) in [4.78, 5) is 46.8. The number of rotatable bonds is 9. The molecule has 2 N–H and O–H groups in total. The summed E-state index contributed by atoms with van der Waals surface area (Å²) in [6, 6.07) is 17.6. The first kappa shape index (κ1) is 23.4. The Morgan fingerprint density at radius 3 is 2.36 bits per heavy atom. The number of carbonyl (C=O) groups excluding carboxylic acids is 3. The number of ether oxygens (including phenoxy) is 1. The topological polar surface area (TPSA) is 114 Å². The lowest BCUT2D eigenvalue weighted by atomic mass is 10.1. The third-order valence-electron chi connectivity index (χ3n) is 4.72. The number of benzene rings is 2. The fourth-order valence-electron chi connectivity index (χ4n) is 3.02. The highest BCUT2D eigenvalue weighted by Crippen LogP contribution is 2.18. The Hall–Kier alpha value is -4.27. The predicted molar refractivity (Wildman–Crippen MR) is 124 cm³/mol. The first-order chi connectivity index (χ1) is 15.9. The fourth-order valence-corrected chi connectivity index (χ4v) is 3.02. The van der Waals surface area contributed by atoms with Gasteiger partial charge in [-0.1, -0.05) is 42.5 Å². The van der Waals surface area contributed by atoms with E-state index in [9.17, 15) is 14.4 Å². The number of carbonyl (C=O) groups is 3. The molecular weight excluding hydrogens is 422 g/mol. The van der Waals surface area contributed by atoms with Crippen LogP contribution in [0, 0.1) is 0 Å². The second-order valence-electron chi connectivity index (χ2n) is 7.27. The van der Waals surface area contributed by atoms with Gasteiger partial charge in [-0.3, -0.25) is 14.4 Å². The molecule has 33 heavy (non-hydrogen) atoms. The van der Waals surface area contributed by atoms with E-state index < -0.39 is 18.5 Å². The van der Waals surface area contributed by atoms with E-state index in [-0.39, 0.29) is 18.5 Å². The van der Waals surface area contributed by atoms with Crippen molar-refractivity contribution in [1.82, 2.24) is 15.3 Å². The van der Waals surface area contributed by atoms with Crippen LogP contribution < -0.4 is 15.5 Å². The van der Waals surface area contributed by atoms with E-state index in [1.54, 1.807) is 49.8 Å².